The molecular formula is C20H22BN3O3. The molecule has 0 saturated carbocycles. The highest BCUT2D eigenvalue weighted by atomic mass is 16.4. The number of nitrogens with one attached hydrogen (secondary N) is 1. The number of nitrogens with two attached hydrogens (primary N) is 1. The Balaban J connectivity index is 1.85. The summed E-state index contributed by atoms with van der Waals surface area (Å²) < 4.78 is 0. The van der Waals surface area contributed by atoms with Crippen LogP contribution in [-0.4, -0.2) is 34.6 Å². The fourth-order valence-electron chi connectivity index (χ4n) is 3.26. The molecule has 27 heavy (non-hydrogen) atoms. The molecule has 1 unspecified atom stereocenters. The van der Waals surface area contributed by atoms with Crippen LogP contribution in [0.3, 0.4) is 0 Å². The SMILES string of the molecule is Cc1c(CB(O)O)cccc1C(CN)C(=O)Nc1ccc2cnccc2c1. The monoisotopic (exact) mass is 363 g/mol. The van der Waals surface area contributed by atoms with Crippen molar-refractivity contribution in [2.45, 2.75) is 19.2 Å². The average molecular weight is 363 g/mol. The second-order valence-electron chi connectivity index (χ2n) is 6.53. The van der Waals surface area contributed by atoms with Crippen LogP contribution in [0.25, 0.3) is 10.8 Å². The van der Waals surface area contributed by atoms with Gasteiger partial charge in [0, 0.05) is 36.3 Å². The Kier molecular flexibility index (Phi) is 5.86. The minimum absolute atomic E-state index is 0.108. The van der Waals surface area contributed by atoms with E-state index >= 15 is 0 Å². The molecule has 0 aliphatic carbocycles. The first-order valence-electron chi connectivity index (χ1n) is 8.79. The fraction of sp³-hybridized carbons (Fsp3) is 0.200. The number of rotatable bonds is 6. The van der Waals surface area contributed by atoms with Gasteiger partial charge in [-0.1, -0.05) is 24.3 Å². The third-order valence-corrected chi connectivity index (χ3v) is 4.73. The summed E-state index contributed by atoms with van der Waals surface area (Å²) in [5, 5.41) is 23.4. The zero-order valence-corrected chi connectivity index (χ0v) is 15.1. The van der Waals surface area contributed by atoms with Gasteiger partial charge in [0.15, 0.2) is 0 Å². The van der Waals surface area contributed by atoms with Crippen LogP contribution in [0.1, 0.15) is 22.6 Å². The molecule has 0 bridgehead atoms. The van der Waals surface area contributed by atoms with E-state index in [0.29, 0.717) is 5.69 Å². The van der Waals surface area contributed by atoms with E-state index in [1.54, 1.807) is 18.5 Å². The minimum Gasteiger partial charge on any atom is -0.427 e. The predicted octanol–water partition coefficient (Wildman–Crippen LogP) is 1.78. The summed E-state index contributed by atoms with van der Waals surface area (Å²) in [6.45, 7) is 2.02. The zero-order chi connectivity index (χ0) is 19.4. The Labute approximate surface area is 158 Å². The summed E-state index contributed by atoms with van der Waals surface area (Å²) >= 11 is 0. The van der Waals surface area contributed by atoms with Crippen LogP contribution in [0.2, 0.25) is 0 Å². The van der Waals surface area contributed by atoms with E-state index in [1.807, 2.05) is 43.3 Å². The van der Waals surface area contributed by atoms with Crippen molar-refractivity contribution >= 4 is 29.5 Å². The first kappa shape index (κ1) is 19.0. The zero-order valence-electron chi connectivity index (χ0n) is 15.1. The quantitative estimate of drug-likeness (QED) is 0.499. The van der Waals surface area contributed by atoms with Gasteiger partial charge in [-0.05, 0) is 47.2 Å². The minimum atomic E-state index is -1.43. The maximum atomic E-state index is 12.9. The maximum absolute atomic E-state index is 12.9. The number of pyridine rings is 1. The van der Waals surface area contributed by atoms with E-state index in [1.165, 1.54) is 0 Å². The summed E-state index contributed by atoms with van der Waals surface area (Å²) in [5.41, 5.74) is 9.02. The number of hydrogen-bond donors (Lipinski definition) is 4. The molecule has 1 aromatic heterocycles. The second-order valence-corrected chi connectivity index (χ2v) is 6.53. The molecule has 7 heteroatoms. The van der Waals surface area contributed by atoms with Crippen LogP contribution in [0, 0.1) is 6.92 Å². The van der Waals surface area contributed by atoms with Gasteiger partial charge in [0.25, 0.3) is 0 Å². The van der Waals surface area contributed by atoms with Crippen LogP contribution < -0.4 is 11.1 Å². The molecule has 1 atom stereocenters. The molecule has 1 amide bonds. The third kappa shape index (κ3) is 4.33. The molecule has 0 fully saturated rings. The summed E-state index contributed by atoms with van der Waals surface area (Å²) in [5.74, 6) is -0.732. The van der Waals surface area contributed by atoms with Gasteiger partial charge < -0.3 is 21.1 Å². The lowest BCUT2D eigenvalue weighted by Crippen LogP contribution is -2.28. The van der Waals surface area contributed by atoms with Gasteiger partial charge in [-0.2, -0.15) is 0 Å². The van der Waals surface area contributed by atoms with Crippen LogP contribution in [-0.2, 0) is 11.1 Å². The van der Waals surface area contributed by atoms with Gasteiger partial charge in [-0.15, -0.1) is 0 Å². The van der Waals surface area contributed by atoms with E-state index in [-0.39, 0.29) is 18.8 Å². The summed E-state index contributed by atoms with van der Waals surface area (Å²) in [6.07, 6.45) is 3.59. The number of aromatic nitrogens is 1. The van der Waals surface area contributed by atoms with Crippen LogP contribution in [0.5, 0.6) is 0 Å². The normalized spacial score (nSPS) is 12.0. The molecule has 0 radical (unpaired) electrons. The topological polar surface area (TPSA) is 108 Å². The third-order valence-electron chi connectivity index (χ3n) is 4.73. The number of hydrogen-bond acceptors (Lipinski definition) is 5. The number of carbonyl (C=O) groups is 1. The largest absolute Gasteiger partial charge is 0.456 e. The molecule has 138 valence electrons. The molecule has 3 aromatic rings. The maximum Gasteiger partial charge on any atom is 0.456 e. The lowest BCUT2D eigenvalue weighted by atomic mass is 9.78. The number of nitrogens with zero attached hydrogens (tertiary/aromatic N) is 1. The van der Waals surface area contributed by atoms with Crippen molar-refractivity contribution in [2.75, 3.05) is 11.9 Å². The van der Waals surface area contributed by atoms with Crippen molar-refractivity contribution in [1.82, 2.24) is 4.98 Å². The summed E-state index contributed by atoms with van der Waals surface area (Å²) in [7, 11) is -1.43. The highest BCUT2D eigenvalue weighted by Gasteiger charge is 2.23. The number of carbonyl (C=O) groups excluding carboxylic acids is 1. The summed E-state index contributed by atoms with van der Waals surface area (Å²) in [4.78, 5) is 16.9. The predicted molar refractivity (Wildman–Crippen MR) is 107 cm³/mol. The van der Waals surface area contributed by atoms with Crippen molar-refractivity contribution in [2.24, 2.45) is 5.73 Å². The average Bonchev–Trinajstić information content (AvgIpc) is 2.65. The number of benzene rings is 2. The number of anilines is 1. The molecule has 1 heterocycles. The standard InChI is InChI=1S/C20H22BN3O3/c1-13-15(10-21(26)27)3-2-4-18(13)19(11-22)20(25)24-17-6-5-16-12-23-8-7-14(16)9-17/h2-9,12,19,26-27H,10-11,22H2,1H3,(H,24,25). The molecular weight excluding hydrogens is 341 g/mol. The number of fused-ring (bicyclic) bond motifs is 1. The van der Waals surface area contributed by atoms with E-state index in [2.05, 4.69) is 10.3 Å². The highest BCUT2D eigenvalue weighted by molar-refractivity contribution is 6.40. The molecule has 5 N–H and O–H groups in total. The Bertz CT molecular complexity index is 962. The van der Waals surface area contributed by atoms with Crippen molar-refractivity contribution in [3.8, 4) is 0 Å². The molecule has 0 aliphatic heterocycles. The van der Waals surface area contributed by atoms with Crippen molar-refractivity contribution in [1.29, 1.82) is 0 Å². The van der Waals surface area contributed by atoms with Crippen molar-refractivity contribution in [3.63, 3.8) is 0 Å². The van der Waals surface area contributed by atoms with E-state index in [0.717, 1.165) is 27.5 Å². The molecule has 0 aliphatic rings. The van der Waals surface area contributed by atoms with E-state index in [4.69, 9.17) is 5.73 Å². The van der Waals surface area contributed by atoms with Crippen LogP contribution >= 0.6 is 0 Å². The first-order chi connectivity index (χ1) is 13.0. The Morgan fingerprint density at radius 1 is 1.22 bits per heavy atom. The van der Waals surface area contributed by atoms with Gasteiger partial charge in [0.1, 0.15) is 0 Å². The molecule has 2 aromatic carbocycles. The van der Waals surface area contributed by atoms with E-state index < -0.39 is 13.0 Å². The van der Waals surface area contributed by atoms with Crippen molar-refractivity contribution in [3.05, 3.63) is 71.5 Å². The second kappa shape index (κ2) is 8.31. The molecule has 0 saturated heterocycles. The fourth-order valence-corrected chi connectivity index (χ4v) is 3.26. The summed E-state index contributed by atoms with van der Waals surface area (Å²) in [6, 6.07) is 13.0. The van der Waals surface area contributed by atoms with Crippen molar-refractivity contribution < 1.29 is 14.8 Å². The lowest BCUT2D eigenvalue weighted by molar-refractivity contribution is -0.117. The van der Waals surface area contributed by atoms with Crippen LogP contribution in [0.15, 0.2) is 54.9 Å². The Morgan fingerprint density at radius 2 is 2.04 bits per heavy atom. The molecule has 3 rings (SSSR count). The van der Waals surface area contributed by atoms with Crippen LogP contribution in [0.4, 0.5) is 5.69 Å². The van der Waals surface area contributed by atoms with Gasteiger partial charge in [0.2, 0.25) is 5.91 Å². The molecule has 0 spiro atoms. The van der Waals surface area contributed by atoms with Gasteiger partial charge in [-0.3, -0.25) is 9.78 Å². The highest BCUT2D eigenvalue weighted by Crippen LogP contribution is 2.25. The number of amides is 1. The van der Waals surface area contributed by atoms with E-state index in [9.17, 15) is 14.8 Å². The van der Waals surface area contributed by atoms with Gasteiger partial charge in [0.05, 0.1) is 5.92 Å². The lowest BCUT2D eigenvalue weighted by Gasteiger charge is -2.19. The Hall–Kier alpha value is -2.74. The first-order valence-corrected chi connectivity index (χ1v) is 8.79. The van der Waals surface area contributed by atoms with Gasteiger partial charge in [-0.25, -0.2) is 0 Å². The smallest absolute Gasteiger partial charge is 0.427 e. The Morgan fingerprint density at radius 3 is 2.78 bits per heavy atom. The molecule has 6 nitrogen and oxygen atoms in total. The van der Waals surface area contributed by atoms with Gasteiger partial charge >= 0.3 is 7.12 Å².